The molecule has 2 aliphatic rings. The molecule has 1 amide bonds. The molecule has 0 bridgehead atoms. The fraction of sp³-hybridized carbons (Fsp3) is 0.526. The van der Waals surface area contributed by atoms with Gasteiger partial charge < -0.3 is 10.2 Å². The van der Waals surface area contributed by atoms with Crippen LogP contribution < -0.4 is 5.32 Å². The number of aryl methyl sites for hydroxylation is 2. The molecule has 132 valence electrons. The minimum Gasteiger partial charge on any atom is -0.367 e. The number of hydrogen-bond acceptors (Lipinski definition) is 4. The molecular weight excluding hydrogens is 314 g/mol. The molecule has 1 saturated heterocycles. The standard InChI is InChI=1S/C19H25N5O/c1-12-18(13(2)23(3)22-12)16-5-4-10-24(16)19(25)14-6-9-17(20-11-14)21-15-7-8-15/h6,9,11,15-16H,4-5,7-8,10H2,1-3H3,(H,20,21)/t16-/m1/s1. The smallest absolute Gasteiger partial charge is 0.255 e. The Morgan fingerprint density at radius 2 is 2.04 bits per heavy atom. The molecule has 6 nitrogen and oxygen atoms in total. The molecule has 0 spiro atoms. The Morgan fingerprint density at radius 1 is 1.24 bits per heavy atom. The van der Waals surface area contributed by atoms with E-state index in [1.54, 1.807) is 6.20 Å². The Morgan fingerprint density at radius 3 is 2.64 bits per heavy atom. The van der Waals surface area contributed by atoms with E-state index in [4.69, 9.17) is 0 Å². The van der Waals surface area contributed by atoms with Gasteiger partial charge in [0.1, 0.15) is 5.82 Å². The van der Waals surface area contributed by atoms with Crippen molar-refractivity contribution in [1.82, 2.24) is 19.7 Å². The summed E-state index contributed by atoms with van der Waals surface area (Å²) < 4.78 is 1.91. The first-order valence-electron chi connectivity index (χ1n) is 9.08. The summed E-state index contributed by atoms with van der Waals surface area (Å²) in [6, 6.07) is 4.48. The van der Waals surface area contributed by atoms with Crippen LogP contribution in [0, 0.1) is 13.8 Å². The zero-order valence-corrected chi connectivity index (χ0v) is 15.1. The maximum atomic E-state index is 13.0. The van der Waals surface area contributed by atoms with Crippen molar-refractivity contribution in [3.05, 3.63) is 40.8 Å². The molecule has 1 N–H and O–H groups in total. The quantitative estimate of drug-likeness (QED) is 0.930. The van der Waals surface area contributed by atoms with Crippen LogP contribution in [0.15, 0.2) is 18.3 Å². The van der Waals surface area contributed by atoms with Crippen LogP contribution in [-0.4, -0.2) is 38.2 Å². The number of anilines is 1. The van der Waals surface area contributed by atoms with E-state index in [1.165, 1.54) is 18.4 Å². The van der Waals surface area contributed by atoms with E-state index in [2.05, 4.69) is 22.3 Å². The lowest BCUT2D eigenvalue weighted by Gasteiger charge is -2.25. The van der Waals surface area contributed by atoms with Crippen LogP contribution in [0.1, 0.15) is 59.0 Å². The van der Waals surface area contributed by atoms with Crippen molar-refractivity contribution in [2.24, 2.45) is 7.05 Å². The Bertz CT molecular complexity index is 791. The maximum absolute atomic E-state index is 13.0. The van der Waals surface area contributed by atoms with Gasteiger partial charge in [-0.25, -0.2) is 4.98 Å². The fourth-order valence-corrected chi connectivity index (χ4v) is 3.79. The van der Waals surface area contributed by atoms with Gasteiger partial charge in [0, 0.05) is 37.1 Å². The molecule has 2 fully saturated rings. The van der Waals surface area contributed by atoms with Crippen LogP contribution in [0.2, 0.25) is 0 Å². The minimum atomic E-state index is 0.0654. The number of amides is 1. The van der Waals surface area contributed by atoms with E-state index < -0.39 is 0 Å². The number of nitrogens with one attached hydrogen (secondary N) is 1. The highest BCUT2D eigenvalue weighted by Gasteiger charge is 2.34. The second kappa shape index (κ2) is 6.17. The van der Waals surface area contributed by atoms with Gasteiger partial charge in [0.2, 0.25) is 0 Å². The van der Waals surface area contributed by atoms with Gasteiger partial charge in [-0.2, -0.15) is 5.10 Å². The summed E-state index contributed by atoms with van der Waals surface area (Å²) in [5, 5.41) is 7.88. The van der Waals surface area contributed by atoms with Crippen molar-refractivity contribution in [3.8, 4) is 0 Å². The van der Waals surface area contributed by atoms with Crippen molar-refractivity contribution >= 4 is 11.7 Å². The van der Waals surface area contributed by atoms with E-state index >= 15 is 0 Å². The van der Waals surface area contributed by atoms with E-state index in [9.17, 15) is 4.79 Å². The first kappa shape index (κ1) is 16.1. The molecular formula is C19H25N5O. The van der Waals surface area contributed by atoms with Gasteiger partial charge in [0.05, 0.1) is 17.3 Å². The lowest BCUT2D eigenvalue weighted by atomic mass is 10.0. The normalized spacial score (nSPS) is 20.1. The summed E-state index contributed by atoms with van der Waals surface area (Å²) in [7, 11) is 1.96. The molecule has 0 radical (unpaired) electrons. The molecule has 3 heterocycles. The predicted octanol–water partition coefficient (Wildman–Crippen LogP) is 2.98. The van der Waals surface area contributed by atoms with Crippen LogP contribution in [0.4, 0.5) is 5.82 Å². The summed E-state index contributed by atoms with van der Waals surface area (Å²) in [6.45, 7) is 4.90. The van der Waals surface area contributed by atoms with E-state index in [0.29, 0.717) is 11.6 Å². The SMILES string of the molecule is Cc1nn(C)c(C)c1[C@H]1CCCN1C(=O)c1ccc(NC2CC2)nc1. The maximum Gasteiger partial charge on any atom is 0.255 e. The van der Waals surface area contributed by atoms with Gasteiger partial charge >= 0.3 is 0 Å². The molecule has 1 saturated carbocycles. The van der Waals surface area contributed by atoms with Gasteiger partial charge in [0.15, 0.2) is 0 Å². The molecule has 4 rings (SSSR count). The second-order valence-electron chi connectivity index (χ2n) is 7.22. The van der Waals surface area contributed by atoms with Crippen molar-refractivity contribution in [2.45, 2.75) is 51.6 Å². The fourth-order valence-electron chi connectivity index (χ4n) is 3.79. The van der Waals surface area contributed by atoms with E-state index in [1.807, 2.05) is 35.7 Å². The third kappa shape index (κ3) is 3.01. The summed E-state index contributed by atoms with van der Waals surface area (Å²) in [5.74, 6) is 0.923. The first-order chi connectivity index (χ1) is 12.0. The molecule has 0 unspecified atom stereocenters. The summed E-state index contributed by atoms with van der Waals surface area (Å²) in [4.78, 5) is 19.4. The third-order valence-corrected chi connectivity index (χ3v) is 5.35. The number of aromatic nitrogens is 3. The van der Waals surface area contributed by atoms with E-state index in [0.717, 1.165) is 36.6 Å². The van der Waals surface area contributed by atoms with Crippen LogP contribution >= 0.6 is 0 Å². The van der Waals surface area contributed by atoms with E-state index in [-0.39, 0.29) is 11.9 Å². The predicted molar refractivity (Wildman–Crippen MR) is 96.6 cm³/mol. The summed E-state index contributed by atoms with van der Waals surface area (Å²) in [6.07, 6.45) is 6.14. The topological polar surface area (TPSA) is 63.1 Å². The Hall–Kier alpha value is -2.37. The molecule has 1 aliphatic carbocycles. The highest BCUT2D eigenvalue weighted by atomic mass is 16.2. The molecule has 2 aromatic heterocycles. The van der Waals surface area contributed by atoms with Gasteiger partial charge in [0.25, 0.3) is 5.91 Å². The number of carbonyl (C=O) groups excluding carboxylic acids is 1. The zero-order valence-electron chi connectivity index (χ0n) is 15.1. The van der Waals surface area contributed by atoms with Gasteiger partial charge in [-0.05, 0) is 51.7 Å². The van der Waals surface area contributed by atoms with Crippen LogP contribution in [-0.2, 0) is 7.05 Å². The third-order valence-electron chi connectivity index (χ3n) is 5.35. The number of nitrogens with zero attached hydrogens (tertiary/aromatic N) is 4. The molecule has 1 atom stereocenters. The van der Waals surface area contributed by atoms with Gasteiger partial charge in [-0.1, -0.05) is 0 Å². The highest BCUT2D eigenvalue weighted by molar-refractivity contribution is 5.94. The van der Waals surface area contributed by atoms with Gasteiger partial charge in [-0.15, -0.1) is 0 Å². The Kier molecular flexibility index (Phi) is 3.98. The lowest BCUT2D eigenvalue weighted by molar-refractivity contribution is 0.0734. The van der Waals surface area contributed by atoms with Crippen molar-refractivity contribution < 1.29 is 4.79 Å². The Labute approximate surface area is 148 Å². The first-order valence-corrected chi connectivity index (χ1v) is 9.08. The molecule has 2 aromatic rings. The average molecular weight is 339 g/mol. The number of pyridine rings is 1. The average Bonchev–Trinajstić information content (AvgIpc) is 3.22. The molecule has 1 aliphatic heterocycles. The monoisotopic (exact) mass is 339 g/mol. The number of likely N-dealkylation sites (tertiary alicyclic amines) is 1. The van der Waals surface area contributed by atoms with Crippen molar-refractivity contribution in [2.75, 3.05) is 11.9 Å². The lowest BCUT2D eigenvalue weighted by Crippen LogP contribution is -2.31. The molecule has 25 heavy (non-hydrogen) atoms. The van der Waals surface area contributed by atoms with Crippen LogP contribution in [0.25, 0.3) is 0 Å². The van der Waals surface area contributed by atoms with Crippen molar-refractivity contribution in [3.63, 3.8) is 0 Å². The Balaban J connectivity index is 1.55. The highest BCUT2D eigenvalue weighted by Crippen LogP contribution is 2.36. The van der Waals surface area contributed by atoms with Crippen molar-refractivity contribution in [1.29, 1.82) is 0 Å². The summed E-state index contributed by atoms with van der Waals surface area (Å²) in [5.41, 5.74) is 4.02. The molecule has 6 heteroatoms. The summed E-state index contributed by atoms with van der Waals surface area (Å²) >= 11 is 0. The van der Waals surface area contributed by atoms with Gasteiger partial charge in [-0.3, -0.25) is 9.48 Å². The number of rotatable bonds is 4. The largest absolute Gasteiger partial charge is 0.367 e. The number of hydrogen-bond donors (Lipinski definition) is 1. The van der Waals surface area contributed by atoms with Crippen LogP contribution in [0.3, 0.4) is 0 Å². The molecule has 0 aromatic carbocycles. The zero-order chi connectivity index (χ0) is 17.6. The second-order valence-corrected chi connectivity index (χ2v) is 7.22. The van der Waals surface area contributed by atoms with Crippen LogP contribution in [0.5, 0.6) is 0 Å². The number of carbonyl (C=O) groups is 1. The minimum absolute atomic E-state index is 0.0654.